The Morgan fingerprint density at radius 1 is 1.22 bits per heavy atom. The average Bonchev–Trinajstić information content (AvgIpc) is 3.35. The first kappa shape index (κ1) is 21.9. The topological polar surface area (TPSA) is 82.2 Å². The van der Waals surface area contributed by atoms with Crippen LogP contribution in [0, 0.1) is 12.7 Å². The Morgan fingerprint density at radius 3 is 2.81 bits per heavy atom. The van der Waals surface area contributed by atoms with Gasteiger partial charge in [0.25, 0.3) is 5.91 Å². The number of ether oxygens (including phenoxy) is 1. The second-order valence-electron chi connectivity index (χ2n) is 6.90. The second kappa shape index (κ2) is 9.42. The molecule has 32 heavy (non-hydrogen) atoms. The van der Waals surface area contributed by atoms with E-state index in [2.05, 4.69) is 15.6 Å². The van der Waals surface area contributed by atoms with Gasteiger partial charge in [0, 0.05) is 11.2 Å². The van der Waals surface area contributed by atoms with Crippen molar-refractivity contribution in [3.05, 3.63) is 93.3 Å². The van der Waals surface area contributed by atoms with Crippen LogP contribution in [0.2, 0.25) is 10.0 Å². The third kappa shape index (κ3) is 4.92. The molecule has 0 spiro atoms. The summed E-state index contributed by atoms with van der Waals surface area (Å²) in [4.78, 5) is 12.8. The predicted molar refractivity (Wildman–Crippen MR) is 118 cm³/mol. The Hall–Kier alpha value is -3.36. The van der Waals surface area contributed by atoms with Gasteiger partial charge in [0.2, 0.25) is 0 Å². The molecular formula is C22H17Cl2FN4O3. The van der Waals surface area contributed by atoms with Gasteiger partial charge in [0.1, 0.15) is 23.9 Å². The van der Waals surface area contributed by atoms with Crippen molar-refractivity contribution in [2.24, 2.45) is 0 Å². The molecule has 0 aliphatic rings. The number of benzene rings is 2. The number of carbonyl (C=O) groups is 1. The summed E-state index contributed by atoms with van der Waals surface area (Å²) in [5, 5.41) is 11.6. The summed E-state index contributed by atoms with van der Waals surface area (Å²) in [5.74, 6) is 0.0640. The summed E-state index contributed by atoms with van der Waals surface area (Å²) in [6, 6.07) is 11.2. The minimum Gasteiger partial charge on any atom is -0.487 e. The lowest BCUT2D eigenvalue weighted by molar-refractivity contribution is 0.101. The normalized spacial score (nSPS) is 10.9. The fourth-order valence-corrected chi connectivity index (χ4v) is 3.40. The summed E-state index contributed by atoms with van der Waals surface area (Å²) >= 11 is 12.2. The van der Waals surface area contributed by atoms with E-state index in [1.54, 1.807) is 48.1 Å². The molecule has 10 heteroatoms. The monoisotopic (exact) mass is 474 g/mol. The maximum absolute atomic E-state index is 13.2. The molecule has 0 radical (unpaired) electrons. The van der Waals surface area contributed by atoms with E-state index in [1.807, 2.05) is 0 Å². The van der Waals surface area contributed by atoms with Gasteiger partial charge in [-0.05, 0) is 36.8 Å². The van der Waals surface area contributed by atoms with E-state index in [4.69, 9.17) is 32.5 Å². The van der Waals surface area contributed by atoms with E-state index in [-0.39, 0.29) is 12.3 Å². The minimum absolute atomic E-state index is 0.0597. The molecule has 0 saturated heterocycles. The number of aryl methyl sites for hydroxylation is 1. The molecule has 2 aromatic heterocycles. The van der Waals surface area contributed by atoms with Crippen LogP contribution < -0.4 is 10.1 Å². The van der Waals surface area contributed by atoms with Gasteiger partial charge in [0.05, 0.1) is 29.0 Å². The van der Waals surface area contributed by atoms with Crippen molar-refractivity contribution in [2.75, 3.05) is 5.32 Å². The van der Waals surface area contributed by atoms with E-state index in [1.165, 1.54) is 18.3 Å². The van der Waals surface area contributed by atoms with Gasteiger partial charge in [-0.25, -0.2) is 4.39 Å². The van der Waals surface area contributed by atoms with Crippen LogP contribution in [-0.4, -0.2) is 20.8 Å². The summed E-state index contributed by atoms with van der Waals surface area (Å²) in [7, 11) is 0. The third-order valence-corrected chi connectivity index (χ3v) is 5.31. The van der Waals surface area contributed by atoms with Gasteiger partial charge in [-0.1, -0.05) is 46.6 Å². The maximum atomic E-state index is 13.2. The molecular weight excluding hydrogens is 458 g/mol. The van der Waals surface area contributed by atoms with Crippen LogP contribution in [0.1, 0.15) is 27.4 Å². The van der Waals surface area contributed by atoms with Crippen molar-refractivity contribution in [2.45, 2.75) is 20.1 Å². The molecule has 7 nitrogen and oxygen atoms in total. The Morgan fingerprint density at radius 2 is 2.03 bits per heavy atom. The summed E-state index contributed by atoms with van der Waals surface area (Å²) in [5.41, 5.74) is 1.75. The Labute approximate surface area is 192 Å². The number of nitrogens with zero attached hydrogens (tertiary/aromatic N) is 3. The maximum Gasteiger partial charge on any atom is 0.278 e. The molecule has 4 aromatic rings. The lowest BCUT2D eigenvalue weighted by atomic mass is 10.2. The SMILES string of the molecule is Cc1onc(C(=O)Nc2cnn(Cc3ccc(F)cc3Cl)c2)c1COc1ccccc1Cl. The van der Waals surface area contributed by atoms with Crippen molar-refractivity contribution in [1.29, 1.82) is 0 Å². The third-order valence-electron chi connectivity index (χ3n) is 4.65. The van der Waals surface area contributed by atoms with Crippen LogP contribution in [-0.2, 0) is 13.2 Å². The van der Waals surface area contributed by atoms with Gasteiger partial charge < -0.3 is 14.6 Å². The van der Waals surface area contributed by atoms with Crippen LogP contribution in [0.15, 0.2) is 59.4 Å². The zero-order chi connectivity index (χ0) is 22.7. The van der Waals surface area contributed by atoms with Gasteiger partial charge >= 0.3 is 0 Å². The Kier molecular flexibility index (Phi) is 6.43. The highest BCUT2D eigenvalue weighted by Crippen LogP contribution is 2.26. The molecule has 0 unspecified atom stereocenters. The van der Waals surface area contributed by atoms with E-state index >= 15 is 0 Å². The van der Waals surface area contributed by atoms with Crippen molar-refractivity contribution in [3.63, 3.8) is 0 Å². The van der Waals surface area contributed by atoms with Crippen LogP contribution in [0.3, 0.4) is 0 Å². The number of para-hydroxylation sites is 1. The molecule has 0 fully saturated rings. The lowest BCUT2D eigenvalue weighted by Gasteiger charge is -2.08. The average molecular weight is 475 g/mol. The molecule has 1 N–H and O–H groups in total. The number of anilines is 1. The van der Waals surface area contributed by atoms with Gasteiger partial charge in [0.15, 0.2) is 5.69 Å². The number of hydrogen-bond acceptors (Lipinski definition) is 5. The van der Waals surface area contributed by atoms with Crippen LogP contribution in [0.5, 0.6) is 5.75 Å². The number of nitrogens with one attached hydrogen (secondary N) is 1. The fourth-order valence-electron chi connectivity index (χ4n) is 2.98. The van der Waals surface area contributed by atoms with Crippen LogP contribution >= 0.6 is 23.2 Å². The number of halogens is 3. The van der Waals surface area contributed by atoms with E-state index < -0.39 is 11.7 Å². The molecule has 2 heterocycles. The molecule has 4 rings (SSSR count). The molecule has 1 amide bonds. The van der Waals surface area contributed by atoms with Crippen LogP contribution in [0.25, 0.3) is 0 Å². The first-order valence-corrected chi connectivity index (χ1v) is 10.3. The highest BCUT2D eigenvalue weighted by Gasteiger charge is 2.21. The zero-order valence-corrected chi connectivity index (χ0v) is 18.3. The quantitative estimate of drug-likeness (QED) is 0.382. The Bertz CT molecular complexity index is 1270. The largest absolute Gasteiger partial charge is 0.487 e. The van der Waals surface area contributed by atoms with Gasteiger partial charge in [-0.15, -0.1) is 0 Å². The second-order valence-corrected chi connectivity index (χ2v) is 7.72. The highest BCUT2D eigenvalue weighted by atomic mass is 35.5. The molecule has 164 valence electrons. The lowest BCUT2D eigenvalue weighted by Crippen LogP contribution is -2.15. The van der Waals surface area contributed by atoms with Crippen molar-refractivity contribution < 1.29 is 18.4 Å². The van der Waals surface area contributed by atoms with E-state index in [9.17, 15) is 9.18 Å². The summed E-state index contributed by atoms with van der Waals surface area (Å²) < 4.78 is 25.7. The molecule has 0 atom stereocenters. The zero-order valence-electron chi connectivity index (χ0n) is 16.8. The van der Waals surface area contributed by atoms with Crippen molar-refractivity contribution in [1.82, 2.24) is 14.9 Å². The molecule has 0 saturated carbocycles. The summed E-state index contributed by atoms with van der Waals surface area (Å²) in [6.45, 7) is 2.07. The van der Waals surface area contributed by atoms with E-state index in [0.29, 0.717) is 44.9 Å². The Balaban J connectivity index is 1.44. The minimum atomic E-state index is -0.473. The predicted octanol–water partition coefficient (Wildman–Crippen LogP) is 5.51. The number of amides is 1. The standard InChI is InChI=1S/C22H17Cl2FN4O3/c1-13-17(12-31-20-5-3-2-4-18(20)23)21(28-32-13)22(30)27-16-9-26-29(11-16)10-14-6-7-15(25)8-19(14)24/h2-9,11H,10,12H2,1H3,(H,27,30). The first-order valence-electron chi connectivity index (χ1n) is 9.51. The molecule has 2 aromatic carbocycles. The van der Waals surface area contributed by atoms with Crippen molar-refractivity contribution >= 4 is 34.8 Å². The smallest absolute Gasteiger partial charge is 0.278 e. The van der Waals surface area contributed by atoms with Gasteiger partial charge in [-0.2, -0.15) is 5.10 Å². The summed E-state index contributed by atoms with van der Waals surface area (Å²) in [6.07, 6.45) is 3.12. The number of rotatable bonds is 7. The number of carbonyl (C=O) groups excluding carboxylic acids is 1. The van der Waals surface area contributed by atoms with Crippen LogP contribution in [0.4, 0.5) is 10.1 Å². The first-order chi connectivity index (χ1) is 15.4. The van der Waals surface area contributed by atoms with E-state index in [0.717, 1.165) is 0 Å². The number of aromatic nitrogens is 3. The molecule has 0 aliphatic heterocycles. The molecule has 0 aliphatic carbocycles. The molecule has 0 bridgehead atoms. The van der Waals surface area contributed by atoms with Crippen molar-refractivity contribution in [3.8, 4) is 5.75 Å². The number of hydrogen-bond donors (Lipinski definition) is 1. The fraction of sp³-hybridized carbons (Fsp3) is 0.136. The highest BCUT2D eigenvalue weighted by molar-refractivity contribution is 6.32. The van der Waals surface area contributed by atoms with Gasteiger partial charge in [-0.3, -0.25) is 9.48 Å².